The molecule has 7 nitrogen and oxygen atoms in total. The lowest BCUT2D eigenvalue weighted by molar-refractivity contribution is -0.139. The van der Waals surface area contributed by atoms with E-state index in [1.165, 1.54) is 0 Å². The smallest absolute Gasteiger partial charge is 0.309 e. The van der Waals surface area contributed by atoms with E-state index in [2.05, 4.69) is 28.0 Å². The van der Waals surface area contributed by atoms with Crippen LogP contribution in [0.4, 0.5) is 0 Å². The van der Waals surface area contributed by atoms with Crippen LogP contribution in [0, 0.1) is 0 Å². The number of nitrogens with two attached hydrogens (primary N) is 1. The molecule has 0 saturated carbocycles. The number of nitrogens with one attached hydrogen (secondary N) is 2. The zero-order valence-corrected chi connectivity index (χ0v) is 9.87. The van der Waals surface area contributed by atoms with Gasteiger partial charge in [0.25, 0.3) is 0 Å². The zero-order valence-electron chi connectivity index (χ0n) is 9.05. The van der Waals surface area contributed by atoms with Gasteiger partial charge in [-0.25, -0.2) is 0 Å². The minimum atomic E-state index is -0.752. The molecule has 4 N–H and O–H groups in total. The number of carbonyl (C=O) groups excluding carboxylic acids is 2. The van der Waals surface area contributed by atoms with Crippen molar-refractivity contribution in [1.29, 1.82) is 0 Å². The van der Waals surface area contributed by atoms with Gasteiger partial charge in [0.1, 0.15) is 0 Å². The van der Waals surface area contributed by atoms with Crippen LogP contribution in [0.3, 0.4) is 0 Å². The molecular weight excluding hydrogens is 242 g/mol. The number of nitrogens with zero attached hydrogens (tertiary/aromatic N) is 2. The van der Waals surface area contributed by atoms with Crippen LogP contribution in [0.25, 0.3) is 0 Å². The summed E-state index contributed by atoms with van der Waals surface area (Å²) < 4.78 is 1.65. The van der Waals surface area contributed by atoms with Gasteiger partial charge in [0, 0.05) is 18.9 Å². The van der Waals surface area contributed by atoms with Crippen LogP contribution >= 0.6 is 12.2 Å². The Kier molecular flexibility index (Phi) is 5.08. The molecule has 0 aliphatic carbocycles. The molecule has 0 saturated heterocycles. The molecule has 2 amide bonds. The van der Waals surface area contributed by atoms with Gasteiger partial charge in [-0.2, -0.15) is 5.10 Å². The van der Waals surface area contributed by atoms with Crippen molar-refractivity contribution in [2.45, 2.75) is 6.54 Å². The van der Waals surface area contributed by atoms with Crippen molar-refractivity contribution in [3.63, 3.8) is 0 Å². The summed E-state index contributed by atoms with van der Waals surface area (Å²) in [4.78, 5) is 22.6. The highest BCUT2D eigenvalue weighted by Crippen LogP contribution is 1.82. The fourth-order valence-electron chi connectivity index (χ4n) is 1.04. The molecule has 1 aromatic rings. The van der Waals surface area contributed by atoms with Gasteiger partial charge in [0.05, 0.1) is 18.1 Å². The summed E-state index contributed by atoms with van der Waals surface area (Å²) in [6.07, 6.45) is 3.40. The SMILES string of the molecule is NC(=S)CNC(=O)C(=O)NCCn1cccn1. The van der Waals surface area contributed by atoms with Crippen LogP contribution in [-0.4, -0.2) is 39.7 Å². The van der Waals surface area contributed by atoms with Gasteiger partial charge in [-0.1, -0.05) is 12.2 Å². The highest BCUT2D eigenvalue weighted by atomic mass is 32.1. The second-order valence-corrected chi connectivity index (χ2v) is 3.70. The van der Waals surface area contributed by atoms with E-state index in [9.17, 15) is 9.59 Å². The average Bonchev–Trinajstić information content (AvgIpc) is 2.78. The molecule has 1 aromatic heterocycles. The molecule has 0 unspecified atom stereocenters. The number of aromatic nitrogens is 2. The van der Waals surface area contributed by atoms with Crippen LogP contribution in [0.1, 0.15) is 0 Å². The lowest BCUT2D eigenvalue weighted by Crippen LogP contribution is -2.43. The van der Waals surface area contributed by atoms with Crippen molar-refractivity contribution in [2.75, 3.05) is 13.1 Å². The van der Waals surface area contributed by atoms with E-state index >= 15 is 0 Å². The molecule has 1 rings (SSSR count). The van der Waals surface area contributed by atoms with Gasteiger partial charge < -0.3 is 16.4 Å². The summed E-state index contributed by atoms with van der Waals surface area (Å²) in [5.41, 5.74) is 5.18. The van der Waals surface area contributed by atoms with E-state index in [0.717, 1.165) is 0 Å². The zero-order chi connectivity index (χ0) is 12.7. The summed E-state index contributed by atoms with van der Waals surface area (Å²) in [6, 6.07) is 1.77. The van der Waals surface area contributed by atoms with Gasteiger partial charge in [0.2, 0.25) is 0 Å². The molecule has 0 atom stereocenters. The molecule has 0 radical (unpaired) electrons. The van der Waals surface area contributed by atoms with Crippen LogP contribution in [-0.2, 0) is 16.1 Å². The van der Waals surface area contributed by atoms with Gasteiger partial charge >= 0.3 is 11.8 Å². The average molecular weight is 255 g/mol. The standard InChI is InChI=1S/C9H13N5O2S/c10-7(17)6-12-9(16)8(15)11-3-5-14-4-1-2-13-14/h1-2,4H,3,5-6H2,(H2,10,17)(H,11,15)(H,12,16). The molecule has 0 bridgehead atoms. The van der Waals surface area contributed by atoms with Crippen molar-refractivity contribution < 1.29 is 9.59 Å². The number of thiocarbonyl (C=S) groups is 1. The number of carbonyl (C=O) groups is 2. The Morgan fingerprint density at radius 3 is 2.65 bits per heavy atom. The minimum Gasteiger partial charge on any atom is -0.392 e. The lowest BCUT2D eigenvalue weighted by atomic mass is 10.5. The maximum atomic E-state index is 11.2. The van der Waals surface area contributed by atoms with Gasteiger partial charge in [-0.15, -0.1) is 0 Å². The Morgan fingerprint density at radius 2 is 2.06 bits per heavy atom. The van der Waals surface area contributed by atoms with E-state index in [1.54, 1.807) is 23.1 Å². The maximum Gasteiger partial charge on any atom is 0.309 e. The fourth-order valence-corrected chi connectivity index (χ4v) is 1.12. The third-order valence-corrected chi connectivity index (χ3v) is 1.96. The first kappa shape index (κ1) is 13.1. The topological polar surface area (TPSA) is 102 Å². The number of hydrogen-bond donors (Lipinski definition) is 3. The monoisotopic (exact) mass is 255 g/mol. The Bertz CT molecular complexity index is 404. The van der Waals surface area contributed by atoms with Crippen molar-refractivity contribution >= 4 is 29.0 Å². The van der Waals surface area contributed by atoms with Crippen LogP contribution in [0.15, 0.2) is 18.5 Å². The Labute approximate surface area is 103 Å². The second-order valence-electron chi connectivity index (χ2n) is 3.17. The molecule has 0 aliphatic heterocycles. The predicted octanol–water partition coefficient (Wildman–Crippen LogP) is -1.60. The van der Waals surface area contributed by atoms with E-state index < -0.39 is 11.8 Å². The third-order valence-electron chi connectivity index (χ3n) is 1.82. The van der Waals surface area contributed by atoms with Gasteiger partial charge in [-0.3, -0.25) is 14.3 Å². The first-order valence-electron chi connectivity index (χ1n) is 4.91. The number of amides is 2. The largest absolute Gasteiger partial charge is 0.392 e. The van der Waals surface area contributed by atoms with Gasteiger partial charge in [0.15, 0.2) is 0 Å². The minimum absolute atomic E-state index is 0.0146. The summed E-state index contributed by atoms with van der Waals surface area (Å²) in [5.74, 6) is -1.47. The van der Waals surface area contributed by atoms with Crippen molar-refractivity contribution in [1.82, 2.24) is 20.4 Å². The Balaban J connectivity index is 2.20. The molecule has 0 aromatic carbocycles. The highest BCUT2D eigenvalue weighted by molar-refractivity contribution is 7.80. The molecule has 92 valence electrons. The number of rotatable bonds is 5. The van der Waals surface area contributed by atoms with Crippen LogP contribution in [0.5, 0.6) is 0 Å². The van der Waals surface area contributed by atoms with E-state index in [4.69, 9.17) is 5.73 Å². The second kappa shape index (κ2) is 6.59. The van der Waals surface area contributed by atoms with Crippen molar-refractivity contribution in [2.24, 2.45) is 5.73 Å². The van der Waals surface area contributed by atoms with E-state index in [1.807, 2.05) is 0 Å². The molecule has 17 heavy (non-hydrogen) atoms. The molecule has 0 fully saturated rings. The maximum absolute atomic E-state index is 11.2. The molecule has 1 heterocycles. The van der Waals surface area contributed by atoms with Crippen LogP contribution in [0.2, 0.25) is 0 Å². The van der Waals surface area contributed by atoms with E-state index in [0.29, 0.717) is 13.1 Å². The summed E-state index contributed by atoms with van der Waals surface area (Å²) >= 11 is 4.56. The first-order valence-corrected chi connectivity index (χ1v) is 5.32. The fraction of sp³-hybridized carbons (Fsp3) is 0.333. The lowest BCUT2D eigenvalue weighted by Gasteiger charge is -2.05. The normalized spacial score (nSPS) is 9.65. The van der Waals surface area contributed by atoms with Crippen molar-refractivity contribution in [3.05, 3.63) is 18.5 Å². The third kappa shape index (κ3) is 5.07. The molecule has 0 spiro atoms. The Morgan fingerprint density at radius 1 is 1.35 bits per heavy atom. The van der Waals surface area contributed by atoms with Crippen LogP contribution < -0.4 is 16.4 Å². The quantitative estimate of drug-likeness (QED) is 0.434. The Hall–Kier alpha value is -1.96. The molecule has 8 heteroatoms. The van der Waals surface area contributed by atoms with Crippen molar-refractivity contribution in [3.8, 4) is 0 Å². The summed E-state index contributed by atoms with van der Waals surface area (Å²) in [5, 5.41) is 8.68. The highest BCUT2D eigenvalue weighted by Gasteiger charge is 2.11. The van der Waals surface area contributed by atoms with E-state index in [-0.39, 0.29) is 11.5 Å². The summed E-state index contributed by atoms with van der Waals surface area (Å²) in [6.45, 7) is 0.836. The summed E-state index contributed by atoms with van der Waals surface area (Å²) in [7, 11) is 0. The molecular formula is C9H13N5O2S. The first-order chi connectivity index (χ1) is 8.09. The number of hydrogen-bond acceptors (Lipinski definition) is 4. The predicted molar refractivity (Wildman–Crippen MR) is 65.0 cm³/mol. The van der Waals surface area contributed by atoms with Gasteiger partial charge in [-0.05, 0) is 6.07 Å². The molecule has 0 aliphatic rings.